The third-order valence-corrected chi connectivity index (χ3v) is 4.22. The van der Waals surface area contributed by atoms with Crippen LogP contribution in [0.15, 0.2) is 42.5 Å². The van der Waals surface area contributed by atoms with E-state index in [0.29, 0.717) is 23.0 Å². The topological polar surface area (TPSA) is 73.6 Å². The predicted octanol–water partition coefficient (Wildman–Crippen LogP) is 4.20. The summed E-state index contributed by atoms with van der Waals surface area (Å²) in [7, 11) is 1.55. The van der Waals surface area contributed by atoms with Gasteiger partial charge in [-0.05, 0) is 49.1 Å². The first-order valence-electron chi connectivity index (χ1n) is 8.46. The lowest BCUT2D eigenvalue weighted by Crippen LogP contribution is -2.30. The average Bonchev–Trinajstić information content (AvgIpc) is 2.61. The van der Waals surface area contributed by atoms with E-state index in [1.165, 1.54) is 0 Å². The fourth-order valence-electron chi connectivity index (χ4n) is 2.52. The Morgan fingerprint density at radius 1 is 1.16 bits per heavy atom. The van der Waals surface area contributed by atoms with Crippen LogP contribution < -0.4 is 20.5 Å². The number of nitrogens with two attached hydrogens (primary N) is 1. The van der Waals surface area contributed by atoms with E-state index >= 15 is 0 Å². The van der Waals surface area contributed by atoms with Gasteiger partial charge in [0.1, 0.15) is 11.5 Å². The second-order valence-electron chi connectivity index (χ2n) is 6.06. The maximum atomic E-state index is 12.5. The van der Waals surface area contributed by atoms with Crippen molar-refractivity contribution in [2.75, 3.05) is 18.2 Å². The molecule has 0 saturated carbocycles. The molecular weight excluding hydrogens is 316 g/mol. The third kappa shape index (κ3) is 4.66. The molecule has 3 N–H and O–H groups in total. The first-order valence-corrected chi connectivity index (χ1v) is 8.46. The molecule has 5 nitrogen and oxygen atoms in total. The lowest BCUT2D eigenvalue weighted by atomic mass is 9.98. The Kier molecular flexibility index (Phi) is 6.28. The number of carbonyl (C=O) groups excluding carboxylic acids is 1. The van der Waals surface area contributed by atoms with Crippen LogP contribution in [0.2, 0.25) is 0 Å². The number of nitrogens with one attached hydrogen (secondary N) is 1. The second-order valence-corrected chi connectivity index (χ2v) is 6.06. The maximum absolute atomic E-state index is 12.5. The van der Waals surface area contributed by atoms with Crippen molar-refractivity contribution in [2.24, 2.45) is 0 Å². The summed E-state index contributed by atoms with van der Waals surface area (Å²) in [4.78, 5) is 12.5. The highest BCUT2D eigenvalue weighted by Crippen LogP contribution is 2.30. The maximum Gasteiger partial charge on any atom is 0.265 e. The van der Waals surface area contributed by atoms with Crippen molar-refractivity contribution >= 4 is 17.3 Å². The summed E-state index contributed by atoms with van der Waals surface area (Å²) in [5.41, 5.74) is 7.96. The van der Waals surface area contributed by atoms with Crippen LogP contribution in [-0.4, -0.2) is 19.1 Å². The Morgan fingerprint density at radius 2 is 1.88 bits per heavy atom. The molecule has 5 heteroatoms. The first-order chi connectivity index (χ1) is 12.0. The number of hydrogen-bond acceptors (Lipinski definition) is 4. The van der Waals surface area contributed by atoms with Crippen molar-refractivity contribution in [3.05, 3.63) is 48.0 Å². The molecule has 2 rings (SSSR count). The Morgan fingerprint density at radius 3 is 2.56 bits per heavy atom. The molecular formula is C20H26N2O3. The highest BCUT2D eigenvalue weighted by molar-refractivity contribution is 5.96. The van der Waals surface area contributed by atoms with Gasteiger partial charge in [0.25, 0.3) is 5.91 Å². The van der Waals surface area contributed by atoms with Gasteiger partial charge in [-0.25, -0.2) is 0 Å². The van der Waals surface area contributed by atoms with Crippen molar-refractivity contribution in [2.45, 2.75) is 39.2 Å². The van der Waals surface area contributed by atoms with Crippen molar-refractivity contribution < 1.29 is 14.3 Å². The molecule has 2 aromatic carbocycles. The van der Waals surface area contributed by atoms with Gasteiger partial charge in [0.05, 0.1) is 12.8 Å². The van der Waals surface area contributed by atoms with Crippen LogP contribution in [0.1, 0.15) is 38.7 Å². The fraction of sp³-hybridized carbons (Fsp3) is 0.350. The number of carbonyl (C=O) groups is 1. The number of ether oxygens (including phenoxy) is 2. The quantitative estimate of drug-likeness (QED) is 0.740. The lowest BCUT2D eigenvalue weighted by molar-refractivity contribution is -0.122. The summed E-state index contributed by atoms with van der Waals surface area (Å²) >= 11 is 0. The minimum atomic E-state index is -0.656. The number of anilines is 2. The van der Waals surface area contributed by atoms with Gasteiger partial charge in [0.15, 0.2) is 6.10 Å². The van der Waals surface area contributed by atoms with E-state index in [-0.39, 0.29) is 5.91 Å². The molecule has 1 amide bonds. The molecule has 25 heavy (non-hydrogen) atoms. The smallest absolute Gasteiger partial charge is 0.265 e. The van der Waals surface area contributed by atoms with Crippen molar-refractivity contribution in [3.8, 4) is 11.5 Å². The summed E-state index contributed by atoms with van der Waals surface area (Å²) in [5, 5.41) is 2.82. The zero-order chi connectivity index (χ0) is 18.4. The zero-order valence-corrected chi connectivity index (χ0v) is 15.2. The Balaban J connectivity index is 2.13. The number of benzene rings is 2. The normalized spacial score (nSPS) is 13.0. The van der Waals surface area contributed by atoms with Crippen LogP contribution in [0.4, 0.5) is 11.4 Å². The van der Waals surface area contributed by atoms with Gasteiger partial charge < -0.3 is 20.5 Å². The molecule has 0 heterocycles. The summed E-state index contributed by atoms with van der Waals surface area (Å²) in [6, 6.07) is 12.9. The number of amides is 1. The fourth-order valence-corrected chi connectivity index (χ4v) is 2.52. The van der Waals surface area contributed by atoms with Crippen molar-refractivity contribution in [1.29, 1.82) is 0 Å². The molecule has 0 saturated heterocycles. The van der Waals surface area contributed by atoms with Crippen LogP contribution >= 0.6 is 0 Å². The Hall–Kier alpha value is -2.69. The molecule has 2 atom stereocenters. The summed E-state index contributed by atoms with van der Waals surface area (Å²) < 4.78 is 11.2. The molecule has 134 valence electrons. The molecule has 0 aliphatic heterocycles. The van der Waals surface area contributed by atoms with E-state index in [1.54, 1.807) is 32.2 Å². The molecule has 2 aromatic rings. The first kappa shape index (κ1) is 18.6. The summed E-state index contributed by atoms with van der Waals surface area (Å²) in [6.45, 7) is 6.00. The van der Waals surface area contributed by atoms with Crippen molar-refractivity contribution in [1.82, 2.24) is 0 Å². The van der Waals surface area contributed by atoms with Crippen molar-refractivity contribution in [3.63, 3.8) is 0 Å². The molecule has 0 bridgehead atoms. The van der Waals surface area contributed by atoms with E-state index in [9.17, 15) is 4.79 Å². The minimum absolute atomic E-state index is 0.261. The zero-order valence-electron chi connectivity index (χ0n) is 15.2. The molecule has 0 unspecified atom stereocenters. The van der Waals surface area contributed by atoms with E-state index in [4.69, 9.17) is 15.2 Å². The van der Waals surface area contributed by atoms with Gasteiger partial charge in [-0.3, -0.25) is 4.79 Å². The van der Waals surface area contributed by atoms with Gasteiger partial charge in [-0.2, -0.15) is 0 Å². The third-order valence-electron chi connectivity index (χ3n) is 4.22. The van der Waals surface area contributed by atoms with E-state index in [0.717, 1.165) is 17.7 Å². The van der Waals surface area contributed by atoms with E-state index in [1.807, 2.05) is 24.3 Å². The second kappa shape index (κ2) is 8.42. The number of nitrogen functional groups attached to an aromatic ring is 1. The minimum Gasteiger partial charge on any atom is -0.495 e. The molecule has 0 aliphatic carbocycles. The molecule has 0 aromatic heterocycles. The molecule has 0 fully saturated rings. The average molecular weight is 342 g/mol. The lowest BCUT2D eigenvalue weighted by Gasteiger charge is -2.20. The Labute approximate surface area is 149 Å². The molecule has 0 aliphatic rings. The van der Waals surface area contributed by atoms with Gasteiger partial charge in [-0.15, -0.1) is 0 Å². The largest absolute Gasteiger partial charge is 0.495 e. The van der Waals surface area contributed by atoms with Gasteiger partial charge in [-0.1, -0.05) is 32.0 Å². The van der Waals surface area contributed by atoms with Crippen LogP contribution in [0.5, 0.6) is 11.5 Å². The highest BCUT2D eigenvalue weighted by atomic mass is 16.5. The number of hydrogen-bond donors (Lipinski definition) is 2. The summed E-state index contributed by atoms with van der Waals surface area (Å²) in [6.07, 6.45) is 0.345. The Bertz CT molecular complexity index is 731. The van der Waals surface area contributed by atoms with E-state index < -0.39 is 6.10 Å². The monoisotopic (exact) mass is 342 g/mol. The SMILES string of the molecule is CC[C@@H](C)c1ccccc1O[C@@H](C)C(=O)Nc1cc(N)ccc1OC. The predicted molar refractivity (Wildman–Crippen MR) is 101 cm³/mol. The van der Waals surface area contributed by atoms with E-state index in [2.05, 4.69) is 19.2 Å². The number of para-hydroxylation sites is 1. The van der Waals surface area contributed by atoms with Crippen LogP contribution in [0, 0.1) is 0 Å². The van der Waals surface area contributed by atoms with Gasteiger partial charge >= 0.3 is 0 Å². The summed E-state index contributed by atoms with van der Waals surface area (Å²) in [5.74, 6) is 1.39. The highest BCUT2D eigenvalue weighted by Gasteiger charge is 2.19. The standard InChI is InChI=1S/C20H26N2O3/c1-5-13(2)16-8-6-7-9-18(16)25-14(3)20(23)22-17-12-15(21)10-11-19(17)24-4/h6-14H,5,21H2,1-4H3,(H,22,23)/t13-,14+/m1/s1. The van der Waals surface area contributed by atoms with Crippen LogP contribution in [0.25, 0.3) is 0 Å². The van der Waals surface area contributed by atoms with Crippen LogP contribution in [-0.2, 0) is 4.79 Å². The number of methoxy groups -OCH3 is 1. The molecule has 0 spiro atoms. The number of rotatable bonds is 7. The van der Waals surface area contributed by atoms with Gasteiger partial charge in [0, 0.05) is 5.69 Å². The van der Waals surface area contributed by atoms with Crippen LogP contribution in [0.3, 0.4) is 0 Å². The van der Waals surface area contributed by atoms with Gasteiger partial charge in [0.2, 0.25) is 0 Å². The molecule has 0 radical (unpaired) electrons.